The first-order valence-corrected chi connectivity index (χ1v) is 6.24. The number of aromatic nitrogens is 2. The third kappa shape index (κ3) is 3.24. The first kappa shape index (κ1) is 13.4. The number of hydrogen-bond donors (Lipinski definition) is 2. The monoisotopic (exact) mass is 266 g/mol. The highest BCUT2D eigenvalue weighted by atomic mass is 16.5. The number of ether oxygens (including phenoxy) is 1. The van der Waals surface area contributed by atoms with Crippen molar-refractivity contribution in [2.75, 3.05) is 12.3 Å². The van der Waals surface area contributed by atoms with E-state index in [0.29, 0.717) is 17.4 Å². The Bertz CT molecular complexity index is 505. The van der Waals surface area contributed by atoms with Crippen LogP contribution in [-0.4, -0.2) is 34.3 Å². The first-order chi connectivity index (χ1) is 8.99. The molecular formula is C12H18N4O3. The lowest BCUT2D eigenvalue weighted by Gasteiger charge is -2.06. The molecule has 0 saturated heterocycles. The number of nitrogens with one attached hydrogen (secondary N) is 1. The van der Waals surface area contributed by atoms with E-state index in [0.717, 1.165) is 12.8 Å². The highest BCUT2D eigenvalue weighted by Gasteiger charge is 2.23. The highest BCUT2D eigenvalue weighted by Crippen LogP contribution is 2.19. The molecule has 104 valence electrons. The van der Waals surface area contributed by atoms with Crippen molar-refractivity contribution in [2.45, 2.75) is 32.2 Å². The van der Waals surface area contributed by atoms with Gasteiger partial charge in [-0.25, -0.2) is 4.79 Å². The van der Waals surface area contributed by atoms with Gasteiger partial charge in [0, 0.05) is 13.1 Å². The molecule has 0 bridgehead atoms. The number of carbonyl (C=O) groups is 2. The Kier molecular flexibility index (Phi) is 3.73. The van der Waals surface area contributed by atoms with Gasteiger partial charge in [-0.05, 0) is 19.8 Å². The second kappa shape index (κ2) is 5.29. The molecule has 0 radical (unpaired) electrons. The zero-order chi connectivity index (χ0) is 14.0. The molecule has 1 fully saturated rings. The Balaban J connectivity index is 1.81. The molecule has 19 heavy (non-hydrogen) atoms. The minimum atomic E-state index is -0.556. The molecule has 0 aliphatic heterocycles. The van der Waals surface area contributed by atoms with Gasteiger partial charge in [-0.3, -0.25) is 9.48 Å². The van der Waals surface area contributed by atoms with E-state index < -0.39 is 5.97 Å². The third-order valence-corrected chi connectivity index (χ3v) is 2.97. The van der Waals surface area contributed by atoms with E-state index in [1.54, 1.807) is 14.0 Å². The van der Waals surface area contributed by atoms with Crippen molar-refractivity contribution in [2.24, 2.45) is 7.05 Å². The largest absolute Gasteiger partial charge is 0.460 e. The van der Waals surface area contributed by atoms with Crippen molar-refractivity contribution < 1.29 is 14.3 Å². The molecule has 1 amide bonds. The van der Waals surface area contributed by atoms with Crippen LogP contribution in [0.15, 0.2) is 0 Å². The summed E-state index contributed by atoms with van der Waals surface area (Å²) < 4.78 is 6.42. The van der Waals surface area contributed by atoms with Crippen LogP contribution in [-0.2, 0) is 16.6 Å². The number of amides is 1. The quantitative estimate of drug-likeness (QED) is 0.738. The number of aryl methyl sites for hydroxylation is 2. The lowest BCUT2D eigenvalue weighted by molar-refractivity contribution is -0.121. The summed E-state index contributed by atoms with van der Waals surface area (Å²) in [6, 6.07) is 0.318. The second-order valence-electron chi connectivity index (χ2n) is 4.70. The maximum absolute atomic E-state index is 11.8. The summed E-state index contributed by atoms with van der Waals surface area (Å²) >= 11 is 0. The van der Waals surface area contributed by atoms with E-state index >= 15 is 0 Å². The normalized spacial score (nSPS) is 14.2. The van der Waals surface area contributed by atoms with Crippen LogP contribution in [0.2, 0.25) is 0 Å². The maximum atomic E-state index is 11.8. The van der Waals surface area contributed by atoms with Crippen molar-refractivity contribution in [1.29, 1.82) is 0 Å². The Labute approximate surface area is 111 Å². The van der Waals surface area contributed by atoms with Crippen LogP contribution in [0.4, 0.5) is 5.69 Å². The van der Waals surface area contributed by atoms with Crippen molar-refractivity contribution in [3.63, 3.8) is 0 Å². The van der Waals surface area contributed by atoms with Crippen LogP contribution >= 0.6 is 0 Å². The van der Waals surface area contributed by atoms with E-state index in [1.165, 1.54) is 4.68 Å². The van der Waals surface area contributed by atoms with Crippen LogP contribution in [0.25, 0.3) is 0 Å². The molecule has 2 rings (SSSR count). The van der Waals surface area contributed by atoms with Crippen LogP contribution in [0, 0.1) is 6.92 Å². The summed E-state index contributed by atoms with van der Waals surface area (Å²) in [4.78, 5) is 23.2. The summed E-state index contributed by atoms with van der Waals surface area (Å²) in [6.45, 7) is 1.76. The molecule has 0 aromatic carbocycles. The topological polar surface area (TPSA) is 99.2 Å². The average Bonchev–Trinajstić information content (AvgIpc) is 3.08. The van der Waals surface area contributed by atoms with Crippen LogP contribution in [0.3, 0.4) is 0 Å². The van der Waals surface area contributed by atoms with Gasteiger partial charge in [0.25, 0.3) is 0 Å². The van der Waals surface area contributed by atoms with Gasteiger partial charge in [0.15, 0.2) is 5.69 Å². The van der Waals surface area contributed by atoms with Gasteiger partial charge in [-0.1, -0.05) is 0 Å². The van der Waals surface area contributed by atoms with E-state index in [9.17, 15) is 9.59 Å². The standard InChI is InChI=1S/C12H18N4O3/c1-7-10(13)11(16(2)15-7)12(18)19-6-5-9(17)14-8-3-4-8/h8H,3-6,13H2,1-2H3,(H,14,17). The predicted octanol–water partition coefficient (Wildman–Crippen LogP) is 0.136. The van der Waals surface area contributed by atoms with Gasteiger partial charge in [-0.15, -0.1) is 0 Å². The van der Waals surface area contributed by atoms with Crippen molar-refractivity contribution in [3.8, 4) is 0 Å². The maximum Gasteiger partial charge on any atom is 0.358 e. The van der Waals surface area contributed by atoms with E-state index in [4.69, 9.17) is 10.5 Å². The molecule has 1 aliphatic rings. The molecule has 1 aromatic heterocycles. The molecule has 1 aromatic rings. The summed E-state index contributed by atoms with van der Waals surface area (Å²) in [5.41, 5.74) is 6.87. The Morgan fingerprint density at radius 3 is 2.74 bits per heavy atom. The molecule has 1 heterocycles. The summed E-state index contributed by atoms with van der Waals surface area (Å²) in [5.74, 6) is -0.649. The van der Waals surface area contributed by atoms with Gasteiger partial charge in [-0.2, -0.15) is 5.10 Å². The van der Waals surface area contributed by atoms with E-state index in [2.05, 4.69) is 10.4 Å². The Morgan fingerprint density at radius 2 is 2.21 bits per heavy atom. The predicted molar refractivity (Wildman–Crippen MR) is 68.4 cm³/mol. The van der Waals surface area contributed by atoms with E-state index in [1.807, 2.05) is 0 Å². The summed E-state index contributed by atoms with van der Waals surface area (Å²) in [6.07, 6.45) is 2.24. The van der Waals surface area contributed by atoms with Crippen molar-refractivity contribution in [1.82, 2.24) is 15.1 Å². The number of esters is 1. The molecule has 7 nitrogen and oxygen atoms in total. The minimum absolute atomic E-state index is 0.0427. The number of rotatable bonds is 5. The Hall–Kier alpha value is -2.05. The van der Waals surface area contributed by atoms with Gasteiger partial charge < -0.3 is 15.8 Å². The van der Waals surface area contributed by atoms with Crippen LogP contribution in [0.5, 0.6) is 0 Å². The summed E-state index contributed by atoms with van der Waals surface area (Å²) in [7, 11) is 1.62. The fourth-order valence-electron chi connectivity index (χ4n) is 1.75. The molecule has 7 heteroatoms. The molecule has 0 unspecified atom stereocenters. The number of hydrogen-bond acceptors (Lipinski definition) is 5. The zero-order valence-electron chi connectivity index (χ0n) is 11.1. The molecule has 1 aliphatic carbocycles. The number of carbonyl (C=O) groups excluding carboxylic acids is 2. The number of nitrogens with two attached hydrogens (primary N) is 1. The van der Waals surface area contributed by atoms with Gasteiger partial charge in [0.2, 0.25) is 5.91 Å². The van der Waals surface area contributed by atoms with Gasteiger partial charge in [0.05, 0.1) is 17.8 Å². The van der Waals surface area contributed by atoms with Crippen molar-refractivity contribution in [3.05, 3.63) is 11.4 Å². The van der Waals surface area contributed by atoms with Gasteiger partial charge >= 0.3 is 5.97 Å². The number of anilines is 1. The molecule has 3 N–H and O–H groups in total. The fraction of sp³-hybridized carbons (Fsp3) is 0.583. The second-order valence-corrected chi connectivity index (χ2v) is 4.70. The highest BCUT2D eigenvalue weighted by molar-refractivity contribution is 5.93. The zero-order valence-corrected chi connectivity index (χ0v) is 11.1. The number of nitrogen functional groups attached to an aromatic ring is 1. The minimum Gasteiger partial charge on any atom is -0.460 e. The molecule has 0 spiro atoms. The number of nitrogens with zero attached hydrogens (tertiary/aromatic N) is 2. The average molecular weight is 266 g/mol. The SMILES string of the molecule is Cc1nn(C)c(C(=O)OCCC(=O)NC2CC2)c1N. The van der Waals surface area contributed by atoms with Crippen molar-refractivity contribution >= 4 is 17.6 Å². The lowest BCUT2D eigenvalue weighted by Crippen LogP contribution is -2.27. The molecular weight excluding hydrogens is 248 g/mol. The first-order valence-electron chi connectivity index (χ1n) is 6.24. The third-order valence-electron chi connectivity index (χ3n) is 2.97. The van der Waals surface area contributed by atoms with Crippen LogP contribution in [0.1, 0.15) is 35.4 Å². The van der Waals surface area contributed by atoms with Gasteiger partial charge in [0.1, 0.15) is 6.61 Å². The lowest BCUT2D eigenvalue weighted by atomic mass is 10.3. The molecule has 1 saturated carbocycles. The van der Waals surface area contributed by atoms with Crippen LogP contribution < -0.4 is 11.1 Å². The van der Waals surface area contributed by atoms with E-state index in [-0.39, 0.29) is 24.6 Å². The molecule has 0 atom stereocenters. The Morgan fingerprint density at radius 1 is 1.53 bits per heavy atom. The fourth-order valence-corrected chi connectivity index (χ4v) is 1.75. The summed E-state index contributed by atoms with van der Waals surface area (Å²) in [5, 5.41) is 6.86. The smallest absolute Gasteiger partial charge is 0.358 e.